The second-order valence-corrected chi connectivity index (χ2v) is 6.37. The van der Waals surface area contributed by atoms with Gasteiger partial charge in [0.25, 0.3) is 0 Å². The molecule has 4 rings (SSSR count). The predicted molar refractivity (Wildman–Crippen MR) is 115 cm³/mol. The number of benzene rings is 3. The van der Waals surface area contributed by atoms with Gasteiger partial charge >= 0.3 is 0 Å². The Morgan fingerprint density at radius 3 is 2.47 bits per heavy atom. The monoisotopic (exact) mass is 397 g/mol. The first-order chi connectivity index (χ1) is 14.8. The lowest BCUT2D eigenvalue weighted by Crippen LogP contribution is -2.05. The molecule has 0 radical (unpaired) electrons. The fourth-order valence-corrected chi connectivity index (χ4v) is 2.96. The molecule has 4 aromatic rings. The number of nitrogens with one attached hydrogen (secondary N) is 1. The first-order valence-corrected chi connectivity index (χ1v) is 9.31. The molecular formula is C23H19N5O2. The summed E-state index contributed by atoms with van der Waals surface area (Å²) in [5.41, 5.74) is 2.73. The van der Waals surface area contributed by atoms with Crippen LogP contribution in [0.5, 0.6) is 5.75 Å². The minimum absolute atomic E-state index is 0.0461. The van der Waals surface area contributed by atoms with Crippen LogP contribution >= 0.6 is 0 Å². The van der Waals surface area contributed by atoms with E-state index in [1.54, 1.807) is 42.3 Å². The van der Waals surface area contributed by atoms with Gasteiger partial charge in [-0.05, 0) is 46.8 Å². The zero-order chi connectivity index (χ0) is 20.8. The van der Waals surface area contributed by atoms with Gasteiger partial charge in [-0.25, -0.2) is 0 Å². The second-order valence-electron chi connectivity index (χ2n) is 6.37. The van der Waals surface area contributed by atoms with Gasteiger partial charge in [-0.3, -0.25) is 4.79 Å². The van der Waals surface area contributed by atoms with Crippen molar-refractivity contribution in [3.8, 4) is 11.4 Å². The smallest absolute Gasteiger partial charge is 0.195 e. The van der Waals surface area contributed by atoms with E-state index in [0.29, 0.717) is 22.6 Å². The Labute approximate surface area is 173 Å². The zero-order valence-electron chi connectivity index (χ0n) is 16.3. The first-order valence-electron chi connectivity index (χ1n) is 9.31. The largest absolute Gasteiger partial charge is 0.497 e. The third-order valence-electron chi connectivity index (χ3n) is 4.49. The molecule has 1 heterocycles. The average molecular weight is 397 g/mol. The van der Waals surface area contributed by atoms with Crippen LogP contribution in [0, 0.1) is 0 Å². The Morgan fingerprint density at radius 1 is 0.967 bits per heavy atom. The molecule has 3 aromatic carbocycles. The summed E-state index contributed by atoms with van der Waals surface area (Å²) in [5, 5.41) is 15.0. The van der Waals surface area contributed by atoms with E-state index in [4.69, 9.17) is 4.74 Å². The molecule has 7 nitrogen and oxygen atoms in total. The number of anilines is 1. The molecule has 0 unspecified atom stereocenters. The van der Waals surface area contributed by atoms with Crippen molar-refractivity contribution in [3.05, 3.63) is 102 Å². The van der Waals surface area contributed by atoms with Crippen LogP contribution in [0.4, 0.5) is 5.69 Å². The summed E-state index contributed by atoms with van der Waals surface area (Å²) in [7, 11) is 1.62. The lowest BCUT2D eigenvalue weighted by Gasteiger charge is -2.08. The van der Waals surface area contributed by atoms with Crippen LogP contribution in [0.3, 0.4) is 0 Å². The van der Waals surface area contributed by atoms with Gasteiger partial charge in [-0.15, -0.1) is 5.10 Å². The number of aromatic nitrogens is 4. The summed E-state index contributed by atoms with van der Waals surface area (Å²) in [6.45, 7) is 0. The van der Waals surface area contributed by atoms with Gasteiger partial charge in [0.1, 0.15) is 5.75 Å². The maximum absolute atomic E-state index is 12.8. The molecule has 7 heteroatoms. The highest BCUT2D eigenvalue weighted by atomic mass is 16.5. The van der Waals surface area contributed by atoms with E-state index in [1.807, 2.05) is 60.7 Å². The van der Waals surface area contributed by atoms with E-state index in [-0.39, 0.29) is 5.78 Å². The molecular weight excluding hydrogens is 378 g/mol. The minimum atomic E-state index is -0.0461. The van der Waals surface area contributed by atoms with Crippen molar-refractivity contribution in [1.29, 1.82) is 0 Å². The van der Waals surface area contributed by atoms with Gasteiger partial charge in [0.05, 0.1) is 12.8 Å². The number of para-hydroxylation sites is 1. The Hall–Kier alpha value is -4.26. The fourth-order valence-electron chi connectivity index (χ4n) is 2.96. The highest BCUT2D eigenvalue weighted by Gasteiger charge is 2.12. The van der Waals surface area contributed by atoms with Gasteiger partial charge in [-0.2, -0.15) is 4.68 Å². The second kappa shape index (κ2) is 8.83. The molecule has 0 saturated heterocycles. The molecule has 0 atom stereocenters. The van der Waals surface area contributed by atoms with Gasteiger partial charge in [-0.1, -0.05) is 42.5 Å². The zero-order valence-corrected chi connectivity index (χ0v) is 16.3. The molecule has 0 aliphatic heterocycles. The summed E-state index contributed by atoms with van der Waals surface area (Å²) >= 11 is 0. The first kappa shape index (κ1) is 19.1. The number of rotatable bonds is 7. The maximum atomic E-state index is 12.8. The van der Waals surface area contributed by atoms with Gasteiger partial charge in [0.2, 0.25) is 0 Å². The number of hydrogen-bond donors (Lipinski definition) is 1. The Bertz CT molecular complexity index is 1170. The molecule has 1 N–H and O–H groups in total. The molecule has 1 aromatic heterocycles. The highest BCUT2D eigenvalue weighted by molar-refractivity contribution is 6.12. The van der Waals surface area contributed by atoms with E-state index in [2.05, 4.69) is 20.8 Å². The Balaban J connectivity index is 1.54. The van der Waals surface area contributed by atoms with Crippen LogP contribution in [0.2, 0.25) is 0 Å². The predicted octanol–water partition coefficient (Wildman–Crippen LogP) is 3.98. The molecule has 0 saturated carbocycles. The molecule has 0 aliphatic carbocycles. The highest BCUT2D eigenvalue weighted by Crippen LogP contribution is 2.20. The number of methoxy groups -OCH3 is 1. The topological polar surface area (TPSA) is 81.9 Å². The number of hydrogen-bond acceptors (Lipinski definition) is 6. The number of tetrazole rings is 1. The van der Waals surface area contributed by atoms with Crippen LogP contribution in [-0.4, -0.2) is 33.1 Å². The van der Waals surface area contributed by atoms with Crippen LogP contribution in [-0.2, 0) is 0 Å². The molecule has 0 fully saturated rings. The number of ether oxygens (including phenoxy) is 1. The van der Waals surface area contributed by atoms with E-state index in [0.717, 1.165) is 11.4 Å². The lowest BCUT2D eigenvalue weighted by atomic mass is 10.0. The van der Waals surface area contributed by atoms with Crippen LogP contribution < -0.4 is 10.1 Å². The molecule has 0 spiro atoms. The summed E-state index contributed by atoms with van der Waals surface area (Å²) in [6.07, 6.45) is 3.46. The van der Waals surface area contributed by atoms with Crippen LogP contribution in [0.25, 0.3) is 11.8 Å². The number of ketones is 1. The molecule has 30 heavy (non-hydrogen) atoms. The van der Waals surface area contributed by atoms with Gasteiger partial charge < -0.3 is 10.1 Å². The van der Waals surface area contributed by atoms with Gasteiger partial charge in [0.15, 0.2) is 11.6 Å². The van der Waals surface area contributed by atoms with Crippen molar-refractivity contribution in [3.63, 3.8) is 0 Å². The number of carbonyl (C=O) groups excluding carboxylic acids is 1. The van der Waals surface area contributed by atoms with E-state index in [1.165, 1.54) is 0 Å². The van der Waals surface area contributed by atoms with Crippen LogP contribution in [0.15, 0.2) is 85.1 Å². The molecule has 0 amide bonds. The van der Waals surface area contributed by atoms with Crippen LogP contribution in [0.1, 0.15) is 21.7 Å². The minimum Gasteiger partial charge on any atom is -0.497 e. The van der Waals surface area contributed by atoms with Crippen molar-refractivity contribution in [2.75, 3.05) is 12.4 Å². The number of carbonyl (C=O) groups is 1. The summed E-state index contributed by atoms with van der Waals surface area (Å²) in [5.74, 6) is 1.25. The molecule has 148 valence electrons. The summed E-state index contributed by atoms with van der Waals surface area (Å²) in [6, 6.07) is 24.0. The average Bonchev–Trinajstić information content (AvgIpc) is 3.28. The quantitative estimate of drug-likeness (QED) is 0.475. The summed E-state index contributed by atoms with van der Waals surface area (Å²) < 4.78 is 6.79. The lowest BCUT2D eigenvalue weighted by molar-refractivity contribution is 0.103. The van der Waals surface area contributed by atoms with Crippen molar-refractivity contribution in [2.45, 2.75) is 0 Å². The summed E-state index contributed by atoms with van der Waals surface area (Å²) in [4.78, 5) is 12.8. The van der Waals surface area contributed by atoms with Gasteiger partial charge in [0, 0.05) is 29.1 Å². The van der Waals surface area contributed by atoms with Crippen molar-refractivity contribution < 1.29 is 9.53 Å². The normalized spacial score (nSPS) is 10.8. The van der Waals surface area contributed by atoms with Crippen molar-refractivity contribution in [2.24, 2.45) is 0 Å². The van der Waals surface area contributed by atoms with E-state index >= 15 is 0 Å². The third kappa shape index (κ3) is 4.10. The third-order valence-corrected chi connectivity index (χ3v) is 4.49. The standard InChI is InChI=1S/C23H19N5O2/c1-30-19-13-11-18(12-14-19)28-22(25-26-27-28)15-16-24-21-10-6-5-9-20(21)23(29)17-7-3-2-4-8-17/h2-16,24H,1H3/b16-15-. The SMILES string of the molecule is COc1ccc(-n2nnnc2/C=C\Nc2ccccc2C(=O)c2ccccc2)cc1. The molecule has 0 aliphatic rings. The number of nitrogens with zero attached hydrogens (tertiary/aromatic N) is 4. The van der Waals surface area contributed by atoms with E-state index < -0.39 is 0 Å². The molecule has 0 bridgehead atoms. The maximum Gasteiger partial charge on any atom is 0.195 e. The Morgan fingerprint density at radius 2 is 1.70 bits per heavy atom. The van der Waals surface area contributed by atoms with Crippen molar-refractivity contribution in [1.82, 2.24) is 20.2 Å². The Kier molecular flexibility index (Phi) is 5.61. The van der Waals surface area contributed by atoms with Crippen molar-refractivity contribution >= 4 is 17.5 Å². The fraction of sp³-hybridized carbons (Fsp3) is 0.0435. The van der Waals surface area contributed by atoms with E-state index in [9.17, 15) is 4.79 Å².